The van der Waals surface area contributed by atoms with Crippen LogP contribution >= 0.6 is 0 Å². The minimum Gasteiger partial charge on any atom is -0.480 e. The van der Waals surface area contributed by atoms with Crippen molar-refractivity contribution in [2.75, 3.05) is 6.54 Å². The Morgan fingerprint density at radius 1 is 1.05 bits per heavy atom. The van der Waals surface area contributed by atoms with Crippen molar-refractivity contribution in [1.82, 2.24) is 15.5 Å². The number of nitrogens with two attached hydrogens (primary N) is 1. The van der Waals surface area contributed by atoms with Gasteiger partial charge in [0.25, 0.3) is 0 Å². The monoisotopic (exact) mass is 556 g/mol. The molecule has 2 amide bonds. The van der Waals surface area contributed by atoms with E-state index in [0.29, 0.717) is 12.1 Å². The molecule has 3 rings (SSSR count). The summed E-state index contributed by atoms with van der Waals surface area (Å²) in [4.78, 5) is 50.6. The third-order valence-corrected chi connectivity index (χ3v) is 7.44. The lowest BCUT2D eigenvalue weighted by Crippen LogP contribution is -2.55. The van der Waals surface area contributed by atoms with Crippen LogP contribution in [-0.4, -0.2) is 75.6 Å². The molecule has 1 heterocycles. The van der Waals surface area contributed by atoms with E-state index < -0.39 is 71.4 Å². The highest BCUT2D eigenvalue weighted by molar-refractivity contribution is 5.88. The number of hydrogen-bond donors (Lipinski definition) is 5. The van der Waals surface area contributed by atoms with E-state index in [2.05, 4.69) is 10.6 Å². The molecule has 0 radical (unpaired) electrons. The highest BCUT2D eigenvalue weighted by Gasteiger charge is 2.42. The predicted molar refractivity (Wildman–Crippen MR) is 133 cm³/mol. The van der Waals surface area contributed by atoms with Crippen LogP contribution in [0.2, 0.25) is 0 Å². The van der Waals surface area contributed by atoms with Gasteiger partial charge in [-0.05, 0) is 43.7 Å². The van der Waals surface area contributed by atoms with E-state index in [-0.39, 0.29) is 37.3 Å². The molecule has 2 fully saturated rings. The van der Waals surface area contributed by atoms with Gasteiger partial charge in [-0.2, -0.15) is 0 Å². The van der Waals surface area contributed by atoms with E-state index in [1.54, 1.807) is 0 Å². The molecule has 0 spiro atoms. The van der Waals surface area contributed by atoms with Crippen LogP contribution in [0.5, 0.6) is 0 Å². The lowest BCUT2D eigenvalue weighted by atomic mass is 9.83. The van der Waals surface area contributed by atoms with Gasteiger partial charge in [0.05, 0.1) is 6.04 Å². The molecule has 10 nitrogen and oxygen atoms in total. The molecule has 39 heavy (non-hydrogen) atoms. The summed E-state index contributed by atoms with van der Waals surface area (Å²) >= 11 is 0. The van der Waals surface area contributed by atoms with Crippen molar-refractivity contribution in [1.29, 1.82) is 0 Å². The highest BCUT2D eigenvalue weighted by Crippen LogP contribution is 2.27. The summed E-state index contributed by atoms with van der Waals surface area (Å²) in [5, 5.41) is 24.9. The molecule has 1 aliphatic heterocycles. The zero-order chi connectivity index (χ0) is 28.9. The van der Waals surface area contributed by atoms with E-state index >= 15 is 0 Å². The minimum absolute atomic E-state index is 0.0719. The van der Waals surface area contributed by atoms with Crippen LogP contribution in [0.25, 0.3) is 0 Å². The lowest BCUT2D eigenvalue weighted by molar-refractivity contribution is -0.149. The van der Waals surface area contributed by atoms with E-state index in [1.165, 1.54) is 6.92 Å². The van der Waals surface area contributed by atoms with Crippen molar-refractivity contribution < 1.29 is 42.6 Å². The predicted octanol–water partition coefficient (Wildman–Crippen LogP) is 1.55. The van der Waals surface area contributed by atoms with Crippen molar-refractivity contribution in [3.05, 3.63) is 35.1 Å². The molecular formula is C26H35F3N4O6. The van der Waals surface area contributed by atoms with Crippen LogP contribution in [0.15, 0.2) is 12.1 Å². The standard InChI is InChI=1S/C26H35F3N4O6/c1-13(31-23(26(38)39)14-5-3-2-4-6-14)24(35)33-12-17(10-21(33)25(36)37)32-22(34)9-16(30)7-15-8-19(28)20(29)11-18(15)27/h8,11,13-14,16-17,21,23,31H,2-7,9-10,12,30H2,1H3,(H,32,34)(H,36,37)(H,38,39)/t13-,16+,17-,21-,23-/m0/s1. The normalized spacial score (nSPS) is 22.2. The Morgan fingerprint density at radius 3 is 2.31 bits per heavy atom. The van der Waals surface area contributed by atoms with E-state index in [4.69, 9.17) is 5.73 Å². The minimum atomic E-state index is -1.34. The third kappa shape index (κ3) is 7.91. The summed E-state index contributed by atoms with van der Waals surface area (Å²) in [6.07, 6.45) is 3.69. The number of halogens is 3. The first-order valence-corrected chi connectivity index (χ1v) is 13.1. The summed E-state index contributed by atoms with van der Waals surface area (Å²) < 4.78 is 40.5. The average Bonchev–Trinajstić information content (AvgIpc) is 3.29. The fraction of sp³-hybridized carbons (Fsp3) is 0.615. The maximum atomic E-state index is 13.9. The van der Waals surface area contributed by atoms with Gasteiger partial charge in [0.1, 0.15) is 17.9 Å². The first-order valence-electron chi connectivity index (χ1n) is 13.1. The van der Waals surface area contributed by atoms with Gasteiger partial charge in [0.2, 0.25) is 11.8 Å². The summed E-state index contributed by atoms with van der Waals surface area (Å²) in [6.45, 7) is 1.38. The zero-order valence-electron chi connectivity index (χ0n) is 21.7. The number of carbonyl (C=O) groups excluding carboxylic acids is 2. The van der Waals surface area contributed by atoms with Gasteiger partial charge in [-0.25, -0.2) is 18.0 Å². The fourth-order valence-corrected chi connectivity index (χ4v) is 5.48. The van der Waals surface area contributed by atoms with Gasteiger partial charge < -0.3 is 26.2 Å². The zero-order valence-corrected chi connectivity index (χ0v) is 21.7. The smallest absolute Gasteiger partial charge is 0.326 e. The number of carboxylic acid groups (broad SMARTS) is 2. The Bertz CT molecular complexity index is 1080. The molecular weight excluding hydrogens is 521 g/mol. The molecule has 1 saturated heterocycles. The molecule has 0 unspecified atom stereocenters. The summed E-state index contributed by atoms with van der Waals surface area (Å²) in [7, 11) is 0. The number of nitrogens with one attached hydrogen (secondary N) is 2. The first-order chi connectivity index (χ1) is 18.4. The van der Waals surface area contributed by atoms with Gasteiger partial charge in [0.15, 0.2) is 11.6 Å². The molecule has 1 saturated carbocycles. The molecule has 0 aromatic heterocycles. The number of nitrogens with zero attached hydrogens (tertiary/aromatic N) is 1. The maximum absolute atomic E-state index is 13.9. The summed E-state index contributed by atoms with van der Waals surface area (Å²) in [5.41, 5.74) is 5.71. The van der Waals surface area contributed by atoms with E-state index in [1.807, 2.05) is 0 Å². The number of hydrogen-bond acceptors (Lipinski definition) is 6. The first kappa shape index (κ1) is 30.4. The third-order valence-electron chi connectivity index (χ3n) is 7.44. The Morgan fingerprint density at radius 2 is 1.69 bits per heavy atom. The molecule has 1 aromatic carbocycles. The molecule has 216 valence electrons. The fourth-order valence-electron chi connectivity index (χ4n) is 5.48. The topological polar surface area (TPSA) is 162 Å². The Balaban J connectivity index is 1.58. The van der Waals surface area contributed by atoms with Crippen molar-refractivity contribution in [2.24, 2.45) is 11.7 Å². The second kappa shape index (κ2) is 13.2. The number of benzene rings is 1. The average molecular weight is 557 g/mol. The highest BCUT2D eigenvalue weighted by atomic mass is 19.2. The van der Waals surface area contributed by atoms with Gasteiger partial charge in [-0.3, -0.25) is 19.7 Å². The molecule has 13 heteroatoms. The van der Waals surface area contributed by atoms with Crippen molar-refractivity contribution in [3.8, 4) is 0 Å². The number of aliphatic carboxylic acids is 2. The number of likely N-dealkylation sites (tertiary alicyclic amines) is 1. The van der Waals surface area contributed by atoms with Gasteiger partial charge in [-0.15, -0.1) is 0 Å². The Kier molecular flexibility index (Phi) is 10.3. The van der Waals surface area contributed by atoms with Crippen LogP contribution < -0.4 is 16.4 Å². The van der Waals surface area contributed by atoms with Crippen molar-refractivity contribution in [2.45, 2.75) is 88.5 Å². The number of amides is 2. The summed E-state index contributed by atoms with van der Waals surface area (Å²) in [5.74, 6) is -7.20. The van der Waals surface area contributed by atoms with Crippen LogP contribution in [0.1, 0.15) is 57.4 Å². The molecule has 1 aromatic rings. The molecule has 0 bridgehead atoms. The Labute approximate surface area is 224 Å². The largest absolute Gasteiger partial charge is 0.480 e. The van der Waals surface area contributed by atoms with Crippen molar-refractivity contribution in [3.63, 3.8) is 0 Å². The van der Waals surface area contributed by atoms with Crippen molar-refractivity contribution >= 4 is 23.8 Å². The maximum Gasteiger partial charge on any atom is 0.326 e. The van der Waals surface area contributed by atoms with Crippen LogP contribution in [0, 0.1) is 23.4 Å². The van der Waals surface area contributed by atoms with Crippen LogP contribution in [0.4, 0.5) is 13.2 Å². The SMILES string of the molecule is C[C@H](N[C@H](C(=O)O)C1CCCCC1)C(=O)N1C[C@@H](NC(=O)C[C@H](N)Cc2cc(F)c(F)cc2F)C[C@H]1C(=O)O. The second-order valence-corrected chi connectivity index (χ2v) is 10.5. The quantitative estimate of drug-likeness (QED) is 0.257. The molecule has 6 N–H and O–H groups in total. The van der Waals surface area contributed by atoms with Crippen LogP contribution in [-0.2, 0) is 25.6 Å². The second-order valence-electron chi connectivity index (χ2n) is 10.5. The number of carboxylic acids is 2. The summed E-state index contributed by atoms with van der Waals surface area (Å²) in [6, 6.07) is -3.70. The molecule has 1 aliphatic carbocycles. The number of rotatable bonds is 11. The molecule has 2 aliphatic rings. The Hall–Kier alpha value is -3.19. The van der Waals surface area contributed by atoms with Gasteiger partial charge in [0, 0.05) is 37.5 Å². The molecule has 5 atom stereocenters. The van der Waals surface area contributed by atoms with Gasteiger partial charge in [-0.1, -0.05) is 19.3 Å². The number of carbonyl (C=O) groups is 4. The van der Waals surface area contributed by atoms with Gasteiger partial charge >= 0.3 is 11.9 Å². The van der Waals surface area contributed by atoms with E-state index in [0.717, 1.165) is 37.0 Å². The van der Waals surface area contributed by atoms with Crippen LogP contribution in [0.3, 0.4) is 0 Å². The lowest BCUT2D eigenvalue weighted by Gasteiger charge is -2.32. The van der Waals surface area contributed by atoms with E-state index in [9.17, 15) is 42.6 Å².